The van der Waals surface area contributed by atoms with Gasteiger partial charge in [-0.25, -0.2) is 4.39 Å². The first kappa shape index (κ1) is 13.4. The highest BCUT2D eigenvalue weighted by Crippen LogP contribution is 2.31. The second-order valence-corrected chi connectivity index (χ2v) is 5.10. The lowest BCUT2D eigenvalue weighted by Crippen LogP contribution is -1.93. The van der Waals surface area contributed by atoms with Gasteiger partial charge in [-0.05, 0) is 36.8 Å². The highest BCUT2D eigenvalue weighted by Gasteiger charge is 2.09. The lowest BCUT2D eigenvalue weighted by molar-refractivity contribution is 0.438. The second-order valence-electron chi connectivity index (χ2n) is 3.92. The van der Waals surface area contributed by atoms with Crippen molar-refractivity contribution < 1.29 is 9.13 Å². The van der Waals surface area contributed by atoms with Gasteiger partial charge in [-0.15, -0.1) is 11.6 Å². The summed E-state index contributed by atoms with van der Waals surface area (Å²) in [7, 11) is 0. The Morgan fingerprint density at radius 1 is 1.17 bits per heavy atom. The predicted molar refractivity (Wildman–Crippen MR) is 74.9 cm³/mol. The van der Waals surface area contributed by atoms with Crippen LogP contribution in [0.15, 0.2) is 40.9 Å². The minimum absolute atomic E-state index is 0.208. The minimum Gasteiger partial charge on any atom is -0.454 e. The van der Waals surface area contributed by atoms with Crippen LogP contribution < -0.4 is 4.74 Å². The first-order valence-electron chi connectivity index (χ1n) is 5.38. The summed E-state index contributed by atoms with van der Waals surface area (Å²) < 4.78 is 20.1. The first-order valence-corrected chi connectivity index (χ1v) is 6.71. The van der Waals surface area contributed by atoms with Crippen LogP contribution in [0.3, 0.4) is 0 Å². The summed E-state index contributed by atoms with van der Waals surface area (Å²) in [5, 5.41) is 0. The molecule has 94 valence electrons. The maximum Gasteiger partial charge on any atom is 0.165 e. The number of rotatable bonds is 3. The molecular formula is C14H11BrClFO. The van der Waals surface area contributed by atoms with E-state index in [1.165, 1.54) is 6.07 Å². The molecule has 0 saturated carbocycles. The molecule has 0 saturated heterocycles. The smallest absolute Gasteiger partial charge is 0.165 e. The molecule has 2 aromatic carbocycles. The number of ether oxygens (including phenoxy) is 1. The van der Waals surface area contributed by atoms with E-state index in [0.717, 1.165) is 15.6 Å². The van der Waals surface area contributed by atoms with Gasteiger partial charge in [0.2, 0.25) is 0 Å². The van der Waals surface area contributed by atoms with E-state index in [4.69, 9.17) is 16.3 Å². The number of hydrogen-bond acceptors (Lipinski definition) is 1. The summed E-state index contributed by atoms with van der Waals surface area (Å²) in [6, 6.07) is 10.2. The Labute approximate surface area is 119 Å². The number of aryl methyl sites for hydroxylation is 1. The van der Waals surface area contributed by atoms with E-state index in [9.17, 15) is 4.39 Å². The van der Waals surface area contributed by atoms with Gasteiger partial charge in [0.15, 0.2) is 11.6 Å². The second kappa shape index (κ2) is 5.72. The van der Waals surface area contributed by atoms with Crippen LogP contribution in [0.2, 0.25) is 0 Å². The molecule has 0 radical (unpaired) electrons. The van der Waals surface area contributed by atoms with E-state index in [-0.39, 0.29) is 11.6 Å². The van der Waals surface area contributed by atoms with Crippen molar-refractivity contribution in [1.29, 1.82) is 0 Å². The molecule has 0 aliphatic heterocycles. The van der Waals surface area contributed by atoms with Crippen molar-refractivity contribution in [3.05, 3.63) is 57.8 Å². The zero-order chi connectivity index (χ0) is 13.1. The standard InChI is InChI=1S/C14H11BrClFO/c1-9-2-5-12(17)14(6-9)18-13-7-11(15)4-3-10(13)8-16/h2-7H,8H2,1H3. The summed E-state index contributed by atoms with van der Waals surface area (Å²) in [5.74, 6) is 0.695. The highest BCUT2D eigenvalue weighted by molar-refractivity contribution is 9.10. The van der Waals surface area contributed by atoms with Gasteiger partial charge in [-0.3, -0.25) is 0 Å². The van der Waals surface area contributed by atoms with E-state index in [0.29, 0.717) is 11.6 Å². The molecule has 0 amide bonds. The molecule has 0 spiro atoms. The van der Waals surface area contributed by atoms with E-state index in [2.05, 4.69) is 15.9 Å². The first-order chi connectivity index (χ1) is 8.60. The number of halogens is 3. The summed E-state index contributed by atoms with van der Waals surface area (Å²) in [6.45, 7) is 1.88. The molecule has 18 heavy (non-hydrogen) atoms. The molecule has 0 aliphatic rings. The molecule has 1 nitrogen and oxygen atoms in total. The monoisotopic (exact) mass is 328 g/mol. The molecule has 0 fully saturated rings. The topological polar surface area (TPSA) is 9.23 Å². The van der Waals surface area contributed by atoms with Crippen molar-refractivity contribution >= 4 is 27.5 Å². The molecule has 2 aromatic rings. The number of hydrogen-bond donors (Lipinski definition) is 0. The molecule has 2 rings (SSSR count). The van der Waals surface area contributed by atoms with Crippen LogP contribution in [0.4, 0.5) is 4.39 Å². The SMILES string of the molecule is Cc1ccc(F)c(Oc2cc(Br)ccc2CCl)c1. The number of alkyl halides is 1. The third kappa shape index (κ3) is 3.03. The highest BCUT2D eigenvalue weighted by atomic mass is 79.9. The summed E-state index contributed by atoms with van der Waals surface area (Å²) in [4.78, 5) is 0. The zero-order valence-corrected chi connectivity index (χ0v) is 12.1. The molecule has 0 aromatic heterocycles. The maximum absolute atomic E-state index is 13.6. The molecule has 0 unspecified atom stereocenters. The van der Waals surface area contributed by atoms with Crippen LogP contribution in [0, 0.1) is 12.7 Å². The normalized spacial score (nSPS) is 10.4. The maximum atomic E-state index is 13.6. The molecule has 0 N–H and O–H groups in total. The lowest BCUT2D eigenvalue weighted by Gasteiger charge is -2.11. The van der Waals surface area contributed by atoms with E-state index in [1.54, 1.807) is 18.2 Å². The molecule has 0 atom stereocenters. The Morgan fingerprint density at radius 3 is 2.67 bits per heavy atom. The van der Waals surface area contributed by atoms with Gasteiger partial charge in [0.1, 0.15) is 5.75 Å². The van der Waals surface area contributed by atoms with Crippen molar-refractivity contribution in [3.8, 4) is 11.5 Å². The van der Waals surface area contributed by atoms with Crippen molar-refractivity contribution in [2.75, 3.05) is 0 Å². The summed E-state index contributed by atoms with van der Waals surface area (Å²) in [6.07, 6.45) is 0. The average Bonchev–Trinajstić information content (AvgIpc) is 2.34. The number of benzene rings is 2. The van der Waals surface area contributed by atoms with Gasteiger partial charge in [0, 0.05) is 10.0 Å². The zero-order valence-electron chi connectivity index (χ0n) is 9.71. The van der Waals surface area contributed by atoms with Crippen molar-refractivity contribution in [2.45, 2.75) is 12.8 Å². The third-order valence-corrected chi connectivity index (χ3v) is 3.26. The van der Waals surface area contributed by atoms with Crippen molar-refractivity contribution in [2.24, 2.45) is 0 Å². The Balaban J connectivity index is 2.38. The summed E-state index contributed by atoms with van der Waals surface area (Å²) >= 11 is 9.19. The van der Waals surface area contributed by atoms with Crippen LogP contribution in [0.1, 0.15) is 11.1 Å². The van der Waals surface area contributed by atoms with Crippen LogP contribution in [-0.4, -0.2) is 0 Å². The largest absolute Gasteiger partial charge is 0.454 e. The van der Waals surface area contributed by atoms with Gasteiger partial charge >= 0.3 is 0 Å². The van der Waals surface area contributed by atoms with Crippen LogP contribution >= 0.6 is 27.5 Å². The lowest BCUT2D eigenvalue weighted by atomic mass is 10.2. The van der Waals surface area contributed by atoms with Crippen LogP contribution in [0.5, 0.6) is 11.5 Å². The Bertz CT molecular complexity index is 572. The fraction of sp³-hybridized carbons (Fsp3) is 0.143. The fourth-order valence-electron chi connectivity index (χ4n) is 1.54. The molecular weight excluding hydrogens is 319 g/mol. The Hall–Kier alpha value is -1.06. The molecule has 0 aliphatic carbocycles. The predicted octanol–water partition coefficient (Wildman–Crippen LogP) is 5.43. The molecule has 0 bridgehead atoms. The van der Waals surface area contributed by atoms with Crippen LogP contribution in [0.25, 0.3) is 0 Å². The quantitative estimate of drug-likeness (QED) is 0.682. The van der Waals surface area contributed by atoms with Gasteiger partial charge in [0.25, 0.3) is 0 Å². The van der Waals surface area contributed by atoms with E-state index >= 15 is 0 Å². The summed E-state index contributed by atoms with van der Waals surface area (Å²) in [5.41, 5.74) is 1.76. The van der Waals surface area contributed by atoms with Gasteiger partial charge in [-0.2, -0.15) is 0 Å². The molecule has 0 heterocycles. The van der Waals surface area contributed by atoms with Crippen LogP contribution in [-0.2, 0) is 5.88 Å². The fourth-order valence-corrected chi connectivity index (χ4v) is 2.10. The van der Waals surface area contributed by atoms with Crippen molar-refractivity contribution in [1.82, 2.24) is 0 Å². The Kier molecular flexibility index (Phi) is 4.25. The van der Waals surface area contributed by atoms with E-state index in [1.807, 2.05) is 19.1 Å². The third-order valence-electron chi connectivity index (χ3n) is 2.48. The van der Waals surface area contributed by atoms with Crippen molar-refractivity contribution in [3.63, 3.8) is 0 Å². The van der Waals surface area contributed by atoms with Gasteiger partial charge in [0.05, 0.1) is 5.88 Å². The molecule has 4 heteroatoms. The Morgan fingerprint density at radius 2 is 1.94 bits per heavy atom. The van der Waals surface area contributed by atoms with Gasteiger partial charge in [-0.1, -0.05) is 28.1 Å². The van der Waals surface area contributed by atoms with Gasteiger partial charge < -0.3 is 4.74 Å². The minimum atomic E-state index is -0.388. The van der Waals surface area contributed by atoms with E-state index < -0.39 is 0 Å². The average molecular weight is 330 g/mol.